The molecule has 0 heterocycles. The van der Waals surface area contributed by atoms with E-state index in [0.717, 1.165) is 24.8 Å². The summed E-state index contributed by atoms with van der Waals surface area (Å²) in [5.74, 6) is 4.61. The van der Waals surface area contributed by atoms with Crippen molar-refractivity contribution >= 4 is 5.91 Å². The molecular weight excluding hydrogens is 195 g/mol. The molecule has 1 amide bonds. The molecule has 1 aliphatic carbocycles. The van der Waals surface area contributed by atoms with E-state index in [1.54, 1.807) is 12.1 Å². The summed E-state index contributed by atoms with van der Waals surface area (Å²) in [5, 5.41) is 0. The van der Waals surface area contributed by atoms with Gasteiger partial charge in [-0.05, 0) is 30.5 Å². The normalized spacial score (nSPS) is 18.0. The molecule has 3 nitrogen and oxygen atoms in total. The number of benzene rings is 1. The highest BCUT2D eigenvalue weighted by Gasteiger charge is 2.45. The van der Waals surface area contributed by atoms with Crippen molar-refractivity contribution in [2.24, 2.45) is 5.84 Å². The van der Waals surface area contributed by atoms with E-state index in [1.807, 2.05) is 0 Å². The van der Waals surface area contributed by atoms with Crippen LogP contribution in [-0.4, -0.2) is 5.91 Å². The quantitative estimate of drug-likeness (QED) is 0.436. The van der Waals surface area contributed by atoms with Crippen molar-refractivity contribution in [3.63, 3.8) is 0 Å². The molecule has 0 saturated heterocycles. The first kappa shape index (κ1) is 10.1. The van der Waals surface area contributed by atoms with Crippen molar-refractivity contribution in [3.05, 3.63) is 35.6 Å². The molecule has 3 N–H and O–H groups in total. The lowest BCUT2D eigenvalue weighted by atomic mass is 9.64. The van der Waals surface area contributed by atoms with Crippen LogP contribution in [0, 0.1) is 5.82 Å². The van der Waals surface area contributed by atoms with E-state index in [1.165, 1.54) is 12.1 Å². The van der Waals surface area contributed by atoms with E-state index in [-0.39, 0.29) is 11.7 Å². The Hall–Kier alpha value is -1.42. The SMILES string of the molecule is NNC(=O)C1(c2cccc(F)c2)CCC1. The van der Waals surface area contributed by atoms with Gasteiger partial charge in [0.15, 0.2) is 0 Å². The number of carbonyl (C=O) groups is 1. The van der Waals surface area contributed by atoms with Gasteiger partial charge in [-0.1, -0.05) is 18.6 Å². The van der Waals surface area contributed by atoms with Crippen LogP contribution in [0.4, 0.5) is 4.39 Å². The third kappa shape index (κ3) is 1.51. The molecule has 2 rings (SSSR count). The van der Waals surface area contributed by atoms with Gasteiger partial charge in [-0.25, -0.2) is 10.2 Å². The van der Waals surface area contributed by atoms with Gasteiger partial charge >= 0.3 is 0 Å². The summed E-state index contributed by atoms with van der Waals surface area (Å²) in [6.45, 7) is 0. The van der Waals surface area contributed by atoms with Crippen molar-refractivity contribution in [3.8, 4) is 0 Å². The van der Waals surface area contributed by atoms with Crippen LogP contribution >= 0.6 is 0 Å². The molecule has 1 aliphatic rings. The molecule has 15 heavy (non-hydrogen) atoms. The van der Waals surface area contributed by atoms with E-state index >= 15 is 0 Å². The second-order valence-electron chi connectivity index (χ2n) is 3.92. The van der Waals surface area contributed by atoms with Gasteiger partial charge < -0.3 is 0 Å². The van der Waals surface area contributed by atoms with Crippen LogP contribution in [0.15, 0.2) is 24.3 Å². The number of halogens is 1. The maximum atomic E-state index is 13.1. The van der Waals surface area contributed by atoms with E-state index in [2.05, 4.69) is 5.43 Å². The molecule has 4 heteroatoms. The zero-order valence-electron chi connectivity index (χ0n) is 8.29. The van der Waals surface area contributed by atoms with Crippen molar-refractivity contribution in [1.82, 2.24) is 5.43 Å². The smallest absolute Gasteiger partial charge is 0.244 e. The van der Waals surface area contributed by atoms with Gasteiger partial charge in [-0.15, -0.1) is 0 Å². The minimum atomic E-state index is -0.600. The van der Waals surface area contributed by atoms with E-state index in [0.29, 0.717) is 0 Å². The maximum absolute atomic E-state index is 13.1. The molecule has 0 radical (unpaired) electrons. The number of carbonyl (C=O) groups excluding carboxylic acids is 1. The summed E-state index contributed by atoms with van der Waals surface area (Å²) in [7, 11) is 0. The summed E-state index contributed by atoms with van der Waals surface area (Å²) in [6.07, 6.45) is 2.45. The molecule has 1 aromatic carbocycles. The molecule has 1 saturated carbocycles. The van der Waals surface area contributed by atoms with Gasteiger partial charge in [0.05, 0.1) is 5.41 Å². The Balaban J connectivity index is 2.38. The van der Waals surface area contributed by atoms with Crippen LogP contribution in [0.2, 0.25) is 0 Å². The first-order valence-corrected chi connectivity index (χ1v) is 4.96. The van der Waals surface area contributed by atoms with Crippen LogP contribution in [-0.2, 0) is 10.2 Å². The summed E-state index contributed by atoms with van der Waals surface area (Å²) >= 11 is 0. The average Bonchev–Trinajstić information content (AvgIpc) is 2.16. The molecule has 0 bridgehead atoms. The molecule has 1 aromatic rings. The highest BCUT2D eigenvalue weighted by atomic mass is 19.1. The maximum Gasteiger partial charge on any atom is 0.244 e. The van der Waals surface area contributed by atoms with E-state index in [4.69, 9.17) is 5.84 Å². The molecule has 0 aliphatic heterocycles. The Morgan fingerprint density at radius 3 is 2.67 bits per heavy atom. The number of hydrogen-bond donors (Lipinski definition) is 2. The highest BCUT2D eigenvalue weighted by Crippen LogP contribution is 2.43. The van der Waals surface area contributed by atoms with Crippen LogP contribution in [0.25, 0.3) is 0 Å². The highest BCUT2D eigenvalue weighted by molar-refractivity contribution is 5.88. The lowest BCUT2D eigenvalue weighted by molar-refractivity contribution is -0.130. The topological polar surface area (TPSA) is 55.1 Å². The predicted molar refractivity (Wildman–Crippen MR) is 54.3 cm³/mol. The van der Waals surface area contributed by atoms with Gasteiger partial charge in [-0.2, -0.15) is 0 Å². The van der Waals surface area contributed by atoms with Gasteiger partial charge in [-0.3, -0.25) is 10.2 Å². The minimum Gasteiger partial charge on any atom is -0.293 e. The Morgan fingerprint density at radius 2 is 2.20 bits per heavy atom. The molecule has 0 atom stereocenters. The number of nitrogens with two attached hydrogens (primary N) is 1. The minimum absolute atomic E-state index is 0.223. The number of nitrogens with one attached hydrogen (secondary N) is 1. The van der Waals surface area contributed by atoms with E-state index in [9.17, 15) is 9.18 Å². The third-order valence-electron chi connectivity index (χ3n) is 3.15. The number of hydrazine groups is 1. The first-order valence-electron chi connectivity index (χ1n) is 4.96. The summed E-state index contributed by atoms with van der Waals surface area (Å²) in [4.78, 5) is 11.7. The van der Waals surface area contributed by atoms with Gasteiger partial charge in [0.1, 0.15) is 5.82 Å². The predicted octanol–water partition coefficient (Wildman–Crippen LogP) is 1.24. The van der Waals surface area contributed by atoms with Crippen LogP contribution < -0.4 is 11.3 Å². The van der Waals surface area contributed by atoms with Crippen LogP contribution in [0.1, 0.15) is 24.8 Å². The second kappa shape index (κ2) is 3.62. The largest absolute Gasteiger partial charge is 0.293 e. The zero-order valence-corrected chi connectivity index (χ0v) is 8.29. The van der Waals surface area contributed by atoms with Crippen LogP contribution in [0.3, 0.4) is 0 Å². The average molecular weight is 208 g/mol. The van der Waals surface area contributed by atoms with Crippen molar-refractivity contribution < 1.29 is 9.18 Å². The van der Waals surface area contributed by atoms with Gasteiger partial charge in [0.2, 0.25) is 5.91 Å². The fourth-order valence-electron chi connectivity index (χ4n) is 2.10. The summed E-state index contributed by atoms with van der Waals surface area (Å²) in [6, 6.07) is 6.18. The monoisotopic (exact) mass is 208 g/mol. The van der Waals surface area contributed by atoms with E-state index < -0.39 is 5.41 Å². The van der Waals surface area contributed by atoms with Crippen molar-refractivity contribution in [1.29, 1.82) is 0 Å². The van der Waals surface area contributed by atoms with Gasteiger partial charge in [0.25, 0.3) is 0 Å². The first-order chi connectivity index (χ1) is 7.19. The fraction of sp³-hybridized carbons (Fsp3) is 0.364. The molecule has 0 spiro atoms. The second-order valence-corrected chi connectivity index (χ2v) is 3.92. The standard InChI is InChI=1S/C11H13FN2O/c12-9-4-1-3-8(7-9)11(5-2-6-11)10(15)14-13/h1,3-4,7H,2,5-6,13H2,(H,14,15). The Kier molecular flexibility index (Phi) is 2.44. The summed E-state index contributed by atoms with van der Waals surface area (Å²) in [5.41, 5.74) is 2.28. The Bertz CT molecular complexity index is 388. The number of amides is 1. The Labute approximate surface area is 87.4 Å². The number of rotatable bonds is 2. The zero-order chi connectivity index (χ0) is 10.9. The number of hydrogen-bond acceptors (Lipinski definition) is 2. The lowest BCUT2D eigenvalue weighted by Gasteiger charge is -2.40. The van der Waals surface area contributed by atoms with Crippen LogP contribution in [0.5, 0.6) is 0 Å². The molecule has 80 valence electrons. The molecular formula is C11H13FN2O. The summed E-state index contributed by atoms with van der Waals surface area (Å²) < 4.78 is 13.1. The third-order valence-corrected chi connectivity index (χ3v) is 3.15. The lowest BCUT2D eigenvalue weighted by Crippen LogP contribution is -2.51. The molecule has 0 unspecified atom stereocenters. The van der Waals surface area contributed by atoms with Gasteiger partial charge in [0, 0.05) is 0 Å². The fourth-order valence-corrected chi connectivity index (χ4v) is 2.10. The molecule has 1 fully saturated rings. The van der Waals surface area contributed by atoms with Crippen molar-refractivity contribution in [2.45, 2.75) is 24.7 Å². The van der Waals surface area contributed by atoms with Crippen molar-refractivity contribution in [2.75, 3.05) is 0 Å². The Morgan fingerprint density at radius 1 is 1.47 bits per heavy atom. The molecule has 0 aromatic heterocycles.